The molecule has 0 spiro atoms. The smallest absolute Gasteiger partial charge is 0.251 e. The molecule has 0 aliphatic carbocycles. The highest BCUT2D eigenvalue weighted by Crippen LogP contribution is 2.14. The molecule has 1 rings (SSSR count). The molecule has 0 aromatic carbocycles. The summed E-state index contributed by atoms with van der Waals surface area (Å²) in [4.78, 5) is 1.78. The molecule has 0 amide bonds. The van der Waals surface area contributed by atoms with Crippen molar-refractivity contribution in [2.24, 2.45) is 5.73 Å². The van der Waals surface area contributed by atoms with Gasteiger partial charge in [-0.2, -0.15) is 0 Å². The van der Waals surface area contributed by atoms with E-state index in [0.717, 1.165) is 12.8 Å². The van der Waals surface area contributed by atoms with Crippen LogP contribution >= 0.6 is 0 Å². The van der Waals surface area contributed by atoms with Gasteiger partial charge >= 0.3 is 0 Å². The van der Waals surface area contributed by atoms with Gasteiger partial charge in [-0.3, -0.25) is 4.90 Å². The zero-order valence-corrected chi connectivity index (χ0v) is 8.29. The normalized spacial score (nSPS) is 20.6. The van der Waals surface area contributed by atoms with Crippen molar-refractivity contribution in [3.05, 3.63) is 0 Å². The first kappa shape index (κ1) is 11.8. The lowest BCUT2D eigenvalue weighted by molar-refractivity contribution is -0.00296. The van der Waals surface area contributed by atoms with Crippen LogP contribution in [0.15, 0.2) is 0 Å². The van der Waals surface area contributed by atoms with E-state index >= 15 is 0 Å². The number of likely N-dealkylation sites (tertiary alicyclic amines) is 1. The van der Waals surface area contributed by atoms with Crippen LogP contribution in [0, 0.1) is 0 Å². The van der Waals surface area contributed by atoms with E-state index in [0.29, 0.717) is 26.2 Å². The molecule has 14 heavy (non-hydrogen) atoms. The van der Waals surface area contributed by atoms with Gasteiger partial charge in [-0.15, -0.1) is 0 Å². The molecule has 5 heteroatoms. The fourth-order valence-electron chi connectivity index (χ4n) is 1.69. The third-order valence-corrected chi connectivity index (χ3v) is 2.40. The average Bonchev–Trinajstić information content (AvgIpc) is 2.16. The number of nitrogens with zero attached hydrogens (tertiary/aromatic N) is 1. The SMILES string of the molecule is NCCOC1CCN(CC(F)F)CC1. The van der Waals surface area contributed by atoms with Gasteiger partial charge in [-0.25, -0.2) is 8.78 Å². The Balaban J connectivity index is 2.11. The number of ether oxygens (including phenoxy) is 1. The van der Waals surface area contributed by atoms with Crippen LogP contribution in [0.1, 0.15) is 12.8 Å². The average molecular weight is 208 g/mol. The summed E-state index contributed by atoms with van der Waals surface area (Å²) in [6.07, 6.45) is -0.330. The van der Waals surface area contributed by atoms with Crippen LogP contribution in [0.2, 0.25) is 0 Å². The van der Waals surface area contributed by atoms with Crippen molar-refractivity contribution in [1.82, 2.24) is 4.90 Å². The Labute approximate surface area is 83.2 Å². The second-order valence-corrected chi connectivity index (χ2v) is 3.55. The van der Waals surface area contributed by atoms with Gasteiger partial charge < -0.3 is 10.5 Å². The molecule has 0 aromatic heterocycles. The molecule has 0 radical (unpaired) electrons. The van der Waals surface area contributed by atoms with Crippen molar-refractivity contribution < 1.29 is 13.5 Å². The van der Waals surface area contributed by atoms with E-state index in [-0.39, 0.29) is 12.6 Å². The number of hydrogen-bond donors (Lipinski definition) is 1. The summed E-state index contributed by atoms with van der Waals surface area (Å²) in [6, 6.07) is 0. The highest BCUT2D eigenvalue weighted by atomic mass is 19.3. The minimum absolute atomic E-state index is 0.108. The van der Waals surface area contributed by atoms with Crippen molar-refractivity contribution in [2.75, 3.05) is 32.8 Å². The van der Waals surface area contributed by atoms with Crippen LogP contribution in [-0.4, -0.2) is 50.2 Å². The minimum atomic E-state index is -2.23. The molecule has 84 valence electrons. The van der Waals surface area contributed by atoms with Crippen LogP contribution in [0.25, 0.3) is 0 Å². The molecule has 1 aliphatic heterocycles. The molecule has 1 saturated heterocycles. The molecule has 0 unspecified atom stereocenters. The van der Waals surface area contributed by atoms with Crippen LogP contribution < -0.4 is 5.73 Å². The Morgan fingerprint density at radius 1 is 1.36 bits per heavy atom. The molecule has 0 atom stereocenters. The van der Waals surface area contributed by atoms with E-state index in [4.69, 9.17) is 10.5 Å². The summed E-state index contributed by atoms with van der Waals surface area (Å²) in [5.41, 5.74) is 5.30. The van der Waals surface area contributed by atoms with E-state index in [9.17, 15) is 8.78 Å². The largest absolute Gasteiger partial charge is 0.377 e. The number of nitrogens with two attached hydrogens (primary N) is 1. The molecule has 0 bridgehead atoms. The maximum atomic E-state index is 12.0. The molecule has 3 nitrogen and oxygen atoms in total. The van der Waals surface area contributed by atoms with Crippen LogP contribution in [-0.2, 0) is 4.74 Å². The number of alkyl halides is 2. The van der Waals surface area contributed by atoms with E-state index in [2.05, 4.69) is 0 Å². The Kier molecular flexibility index (Phi) is 5.29. The Hall–Kier alpha value is -0.260. The van der Waals surface area contributed by atoms with E-state index in [1.54, 1.807) is 4.90 Å². The van der Waals surface area contributed by atoms with Gasteiger partial charge in [0.1, 0.15) is 0 Å². The molecule has 2 N–H and O–H groups in total. The second kappa shape index (κ2) is 6.27. The van der Waals surface area contributed by atoms with Gasteiger partial charge in [-0.1, -0.05) is 0 Å². The highest BCUT2D eigenvalue weighted by molar-refractivity contribution is 4.72. The predicted octanol–water partition coefficient (Wildman–Crippen LogP) is 0.691. The molecule has 0 aromatic rings. The van der Waals surface area contributed by atoms with Crippen molar-refractivity contribution in [1.29, 1.82) is 0 Å². The molecular formula is C9H18F2N2O. The van der Waals surface area contributed by atoms with E-state index < -0.39 is 6.43 Å². The number of halogens is 2. The van der Waals surface area contributed by atoms with Crippen molar-refractivity contribution >= 4 is 0 Å². The second-order valence-electron chi connectivity index (χ2n) is 3.55. The molecule has 0 saturated carbocycles. The lowest BCUT2D eigenvalue weighted by atomic mass is 10.1. The Morgan fingerprint density at radius 2 is 2.00 bits per heavy atom. The number of hydrogen-bond acceptors (Lipinski definition) is 3. The quantitative estimate of drug-likeness (QED) is 0.722. The third-order valence-electron chi connectivity index (χ3n) is 2.40. The van der Waals surface area contributed by atoms with E-state index in [1.165, 1.54) is 0 Å². The van der Waals surface area contributed by atoms with Crippen molar-refractivity contribution in [3.8, 4) is 0 Å². The van der Waals surface area contributed by atoms with E-state index in [1.807, 2.05) is 0 Å². The summed E-state index contributed by atoms with van der Waals surface area (Å²) in [5, 5.41) is 0. The van der Waals surface area contributed by atoms with Gasteiger partial charge in [0, 0.05) is 19.6 Å². The molecule has 1 aliphatic rings. The maximum Gasteiger partial charge on any atom is 0.251 e. The topological polar surface area (TPSA) is 38.5 Å². The highest BCUT2D eigenvalue weighted by Gasteiger charge is 2.21. The van der Waals surface area contributed by atoms with Crippen LogP contribution in [0.5, 0.6) is 0 Å². The van der Waals surface area contributed by atoms with Gasteiger partial charge in [0.25, 0.3) is 6.43 Å². The Morgan fingerprint density at radius 3 is 2.50 bits per heavy atom. The summed E-state index contributed by atoms with van der Waals surface area (Å²) in [7, 11) is 0. The van der Waals surface area contributed by atoms with Gasteiger partial charge in [-0.05, 0) is 12.8 Å². The lowest BCUT2D eigenvalue weighted by Gasteiger charge is -2.31. The predicted molar refractivity (Wildman–Crippen MR) is 50.5 cm³/mol. The van der Waals surface area contributed by atoms with Gasteiger partial charge in [0.15, 0.2) is 0 Å². The summed E-state index contributed by atoms with van der Waals surface area (Å²) in [6.45, 7) is 2.40. The summed E-state index contributed by atoms with van der Waals surface area (Å²) >= 11 is 0. The first-order valence-electron chi connectivity index (χ1n) is 5.04. The summed E-state index contributed by atoms with van der Waals surface area (Å²) < 4.78 is 29.5. The fourth-order valence-corrected chi connectivity index (χ4v) is 1.69. The standard InChI is InChI=1S/C9H18F2N2O/c10-9(11)7-13-4-1-8(2-5-13)14-6-3-12/h8-9H,1-7,12H2. The first-order valence-corrected chi connectivity index (χ1v) is 5.04. The third kappa shape index (κ3) is 4.30. The van der Waals surface area contributed by atoms with Gasteiger partial charge in [0.05, 0.1) is 19.3 Å². The zero-order chi connectivity index (χ0) is 10.4. The number of rotatable bonds is 5. The number of piperidine rings is 1. The minimum Gasteiger partial charge on any atom is -0.377 e. The lowest BCUT2D eigenvalue weighted by Crippen LogP contribution is -2.39. The maximum absolute atomic E-state index is 12.0. The Bertz CT molecular complexity index is 150. The van der Waals surface area contributed by atoms with Crippen molar-refractivity contribution in [3.63, 3.8) is 0 Å². The summed E-state index contributed by atoms with van der Waals surface area (Å²) in [5.74, 6) is 0. The van der Waals surface area contributed by atoms with Gasteiger partial charge in [0.2, 0.25) is 0 Å². The zero-order valence-electron chi connectivity index (χ0n) is 8.29. The monoisotopic (exact) mass is 208 g/mol. The van der Waals surface area contributed by atoms with Crippen LogP contribution in [0.3, 0.4) is 0 Å². The molecular weight excluding hydrogens is 190 g/mol. The molecule has 1 fully saturated rings. The van der Waals surface area contributed by atoms with Crippen LogP contribution in [0.4, 0.5) is 8.78 Å². The first-order chi connectivity index (χ1) is 6.72. The van der Waals surface area contributed by atoms with Crippen molar-refractivity contribution in [2.45, 2.75) is 25.4 Å². The fraction of sp³-hybridized carbons (Fsp3) is 1.00. The molecule has 1 heterocycles.